The molecule has 0 unspecified atom stereocenters. The van der Waals surface area contributed by atoms with Crippen LogP contribution in [0.25, 0.3) is 0 Å². The summed E-state index contributed by atoms with van der Waals surface area (Å²) in [5.41, 5.74) is 0. The van der Waals surface area contributed by atoms with E-state index >= 15 is 0 Å². The van der Waals surface area contributed by atoms with Crippen LogP contribution in [-0.4, -0.2) is 12.6 Å². The van der Waals surface area contributed by atoms with Crippen LogP contribution in [0, 0.1) is 5.92 Å². The summed E-state index contributed by atoms with van der Waals surface area (Å²) in [5.74, 6) is 0.954. The molecule has 1 aliphatic heterocycles. The van der Waals surface area contributed by atoms with Gasteiger partial charge in [0.05, 0.1) is 0 Å². The van der Waals surface area contributed by atoms with Gasteiger partial charge in [0, 0.05) is 6.04 Å². The van der Waals surface area contributed by atoms with Crippen molar-refractivity contribution < 1.29 is 0 Å². The highest BCUT2D eigenvalue weighted by Crippen LogP contribution is 2.17. The zero-order valence-electron chi connectivity index (χ0n) is 5.78. The van der Waals surface area contributed by atoms with Crippen LogP contribution in [0.1, 0.15) is 26.7 Å². The molecule has 0 radical (unpaired) electrons. The third kappa shape index (κ3) is 1.03. The predicted molar refractivity (Wildman–Crippen MR) is 35.9 cm³/mol. The molecule has 0 bridgehead atoms. The summed E-state index contributed by atoms with van der Waals surface area (Å²) < 4.78 is 0. The Morgan fingerprint density at radius 3 is 2.62 bits per heavy atom. The molecule has 1 saturated heterocycles. The highest BCUT2D eigenvalue weighted by Gasteiger charge is 2.19. The first-order chi connectivity index (χ1) is 3.84. The van der Waals surface area contributed by atoms with E-state index in [0.29, 0.717) is 0 Å². The first-order valence-electron chi connectivity index (χ1n) is 3.58. The normalized spacial score (nSPS) is 38.2. The first kappa shape index (κ1) is 6.09. The van der Waals surface area contributed by atoms with Gasteiger partial charge in [-0.1, -0.05) is 13.3 Å². The molecule has 1 nitrogen and oxygen atoms in total. The number of rotatable bonds is 1. The third-order valence-electron chi connectivity index (χ3n) is 2.21. The van der Waals surface area contributed by atoms with Gasteiger partial charge in [-0.2, -0.15) is 0 Å². The summed E-state index contributed by atoms with van der Waals surface area (Å²) in [7, 11) is 0. The van der Waals surface area contributed by atoms with E-state index in [1.54, 1.807) is 0 Å². The quantitative estimate of drug-likeness (QED) is 0.542. The van der Waals surface area contributed by atoms with E-state index < -0.39 is 0 Å². The SMILES string of the molecule is CC[C@H]1CCN[C@H]1C. The van der Waals surface area contributed by atoms with E-state index in [4.69, 9.17) is 0 Å². The van der Waals surface area contributed by atoms with Crippen molar-refractivity contribution >= 4 is 0 Å². The number of nitrogens with one attached hydrogen (secondary N) is 1. The van der Waals surface area contributed by atoms with E-state index in [1.165, 1.54) is 19.4 Å². The lowest BCUT2D eigenvalue weighted by Crippen LogP contribution is -2.22. The van der Waals surface area contributed by atoms with Crippen LogP contribution in [0.2, 0.25) is 0 Å². The maximum absolute atomic E-state index is 3.42. The lowest BCUT2D eigenvalue weighted by Gasteiger charge is -2.10. The molecule has 0 aromatic carbocycles. The zero-order valence-corrected chi connectivity index (χ0v) is 5.78. The lowest BCUT2D eigenvalue weighted by molar-refractivity contribution is 0.463. The molecular formula is C7H15N. The molecular weight excluding hydrogens is 98.1 g/mol. The van der Waals surface area contributed by atoms with E-state index in [9.17, 15) is 0 Å². The molecule has 2 atom stereocenters. The molecule has 0 aromatic rings. The molecule has 0 saturated carbocycles. The summed E-state index contributed by atoms with van der Waals surface area (Å²) in [6.07, 6.45) is 2.73. The average Bonchev–Trinajstić information content (AvgIpc) is 2.14. The van der Waals surface area contributed by atoms with Gasteiger partial charge >= 0.3 is 0 Å². The second kappa shape index (κ2) is 2.49. The minimum atomic E-state index is 0.778. The summed E-state index contributed by atoms with van der Waals surface area (Å²) in [6, 6.07) is 0.778. The minimum absolute atomic E-state index is 0.778. The van der Waals surface area contributed by atoms with Gasteiger partial charge in [-0.3, -0.25) is 0 Å². The van der Waals surface area contributed by atoms with Crippen molar-refractivity contribution in [3.05, 3.63) is 0 Å². The Hall–Kier alpha value is -0.0400. The Labute approximate surface area is 51.5 Å². The summed E-state index contributed by atoms with van der Waals surface area (Å²) in [5, 5.41) is 3.42. The fourth-order valence-electron chi connectivity index (χ4n) is 1.47. The van der Waals surface area contributed by atoms with Crippen molar-refractivity contribution in [2.75, 3.05) is 6.54 Å². The average molecular weight is 113 g/mol. The van der Waals surface area contributed by atoms with Crippen LogP contribution in [0.3, 0.4) is 0 Å². The maximum atomic E-state index is 3.42. The molecule has 0 aromatic heterocycles. The van der Waals surface area contributed by atoms with Gasteiger partial charge in [-0.25, -0.2) is 0 Å². The van der Waals surface area contributed by atoms with Crippen LogP contribution < -0.4 is 5.32 Å². The number of hydrogen-bond acceptors (Lipinski definition) is 1. The number of hydrogen-bond donors (Lipinski definition) is 1. The highest BCUT2D eigenvalue weighted by atomic mass is 14.9. The molecule has 1 heterocycles. The minimum Gasteiger partial charge on any atom is -0.314 e. The molecule has 0 amide bonds. The van der Waals surface area contributed by atoms with Crippen LogP contribution >= 0.6 is 0 Å². The standard InChI is InChI=1S/C7H15N/c1-3-7-4-5-8-6(7)2/h6-8H,3-5H2,1-2H3/t6-,7-/m0/s1. The van der Waals surface area contributed by atoms with Crippen LogP contribution in [-0.2, 0) is 0 Å². The Kier molecular flexibility index (Phi) is 1.90. The molecule has 1 fully saturated rings. The molecule has 1 rings (SSSR count). The van der Waals surface area contributed by atoms with Gasteiger partial charge in [-0.15, -0.1) is 0 Å². The Bertz CT molecular complexity index is 70.8. The van der Waals surface area contributed by atoms with E-state index in [0.717, 1.165) is 12.0 Å². The van der Waals surface area contributed by atoms with Crippen molar-refractivity contribution in [3.8, 4) is 0 Å². The smallest absolute Gasteiger partial charge is 0.00673 e. The molecule has 1 heteroatoms. The Morgan fingerprint density at radius 1 is 1.62 bits per heavy atom. The van der Waals surface area contributed by atoms with Crippen molar-refractivity contribution in [1.29, 1.82) is 0 Å². The summed E-state index contributed by atoms with van der Waals surface area (Å²) in [6.45, 7) is 5.79. The third-order valence-corrected chi connectivity index (χ3v) is 2.21. The maximum Gasteiger partial charge on any atom is 0.00673 e. The van der Waals surface area contributed by atoms with E-state index in [2.05, 4.69) is 19.2 Å². The Balaban J connectivity index is 2.30. The fourth-order valence-corrected chi connectivity index (χ4v) is 1.47. The molecule has 0 aliphatic carbocycles. The van der Waals surface area contributed by atoms with Gasteiger partial charge in [0.2, 0.25) is 0 Å². The van der Waals surface area contributed by atoms with Crippen LogP contribution in [0.4, 0.5) is 0 Å². The lowest BCUT2D eigenvalue weighted by atomic mass is 10.00. The molecule has 8 heavy (non-hydrogen) atoms. The largest absolute Gasteiger partial charge is 0.314 e. The predicted octanol–water partition coefficient (Wildman–Crippen LogP) is 1.39. The second-order valence-electron chi connectivity index (χ2n) is 2.70. The van der Waals surface area contributed by atoms with Crippen LogP contribution in [0.15, 0.2) is 0 Å². The summed E-state index contributed by atoms with van der Waals surface area (Å²) >= 11 is 0. The molecule has 48 valence electrons. The van der Waals surface area contributed by atoms with Crippen LogP contribution in [0.5, 0.6) is 0 Å². The zero-order chi connectivity index (χ0) is 5.98. The van der Waals surface area contributed by atoms with Crippen molar-refractivity contribution in [3.63, 3.8) is 0 Å². The van der Waals surface area contributed by atoms with E-state index in [-0.39, 0.29) is 0 Å². The molecule has 1 aliphatic rings. The molecule has 1 N–H and O–H groups in total. The summed E-state index contributed by atoms with van der Waals surface area (Å²) in [4.78, 5) is 0. The van der Waals surface area contributed by atoms with Gasteiger partial charge in [0.1, 0.15) is 0 Å². The van der Waals surface area contributed by atoms with Crippen molar-refractivity contribution in [2.45, 2.75) is 32.7 Å². The van der Waals surface area contributed by atoms with Gasteiger partial charge in [0.15, 0.2) is 0 Å². The topological polar surface area (TPSA) is 12.0 Å². The molecule has 0 spiro atoms. The second-order valence-corrected chi connectivity index (χ2v) is 2.70. The van der Waals surface area contributed by atoms with Gasteiger partial charge in [-0.05, 0) is 25.8 Å². The highest BCUT2D eigenvalue weighted by molar-refractivity contribution is 4.78. The van der Waals surface area contributed by atoms with Crippen molar-refractivity contribution in [2.24, 2.45) is 5.92 Å². The fraction of sp³-hybridized carbons (Fsp3) is 1.00. The van der Waals surface area contributed by atoms with Gasteiger partial charge in [0.25, 0.3) is 0 Å². The van der Waals surface area contributed by atoms with E-state index in [1.807, 2.05) is 0 Å². The first-order valence-corrected chi connectivity index (χ1v) is 3.58. The van der Waals surface area contributed by atoms with Crippen molar-refractivity contribution in [1.82, 2.24) is 5.32 Å². The van der Waals surface area contributed by atoms with Gasteiger partial charge < -0.3 is 5.32 Å². The Morgan fingerprint density at radius 2 is 2.38 bits per heavy atom. The monoisotopic (exact) mass is 113 g/mol.